The summed E-state index contributed by atoms with van der Waals surface area (Å²) in [5.41, 5.74) is 3.18. The van der Waals surface area contributed by atoms with E-state index in [1.165, 1.54) is 12.0 Å². The van der Waals surface area contributed by atoms with Crippen molar-refractivity contribution >= 4 is 21.5 Å². The minimum absolute atomic E-state index is 0.0775. The van der Waals surface area contributed by atoms with Crippen molar-refractivity contribution in [1.29, 1.82) is 0 Å². The smallest absolute Gasteiger partial charge is 0.263 e. The molecule has 1 aromatic heterocycles. The second-order valence-corrected chi connectivity index (χ2v) is 9.23. The summed E-state index contributed by atoms with van der Waals surface area (Å²) in [4.78, 5) is 4.51. The van der Waals surface area contributed by atoms with Gasteiger partial charge in [-0.05, 0) is 81.8 Å². The Bertz CT molecular complexity index is 853. The first kappa shape index (κ1) is 17.7. The third-order valence-corrected chi connectivity index (χ3v) is 5.50. The van der Waals surface area contributed by atoms with Gasteiger partial charge in [-0.25, -0.2) is 13.4 Å². The van der Waals surface area contributed by atoms with Gasteiger partial charge in [-0.2, -0.15) is 0 Å². The third-order valence-electron chi connectivity index (χ3n) is 4.15. The molecular weight excluding hydrogens is 334 g/mol. The molecule has 1 aromatic carbocycles. The first-order valence-corrected chi connectivity index (χ1v) is 10.1. The van der Waals surface area contributed by atoms with Crippen molar-refractivity contribution in [3.8, 4) is 0 Å². The van der Waals surface area contributed by atoms with Gasteiger partial charge in [0.15, 0.2) is 0 Å². The molecule has 5 nitrogen and oxygen atoms in total. The van der Waals surface area contributed by atoms with Gasteiger partial charge in [0.1, 0.15) is 5.82 Å². The van der Waals surface area contributed by atoms with Gasteiger partial charge in [0, 0.05) is 5.54 Å². The lowest BCUT2D eigenvalue weighted by Crippen LogP contribution is -2.26. The van der Waals surface area contributed by atoms with Crippen LogP contribution >= 0.6 is 0 Å². The van der Waals surface area contributed by atoms with E-state index in [-0.39, 0.29) is 5.54 Å². The summed E-state index contributed by atoms with van der Waals surface area (Å²) in [7, 11) is -3.63. The number of fused-ring (bicyclic) bond motifs is 1. The Morgan fingerprint density at radius 1 is 1.00 bits per heavy atom. The maximum atomic E-state index is 12.6. The Hall–Kier alpha value is -2.08. The maximum absolute atomic E-state index is 12.6. The zero-order valence-electron chi connectivity index (χ0n) is 15.0. The number of rotatable bonds is 4. The van der Waals surface area contributed by atoms with Crippen molar-refractivity contribution in [2.45, 2.75) is 56.9 Å². The molecule has 2 aromatic rings. The molecule has 1 heterocycles. The monoisotopic (exact) mass is 359 g/mol. The van der Waals surface area contributed by atoms with Crippen LogP contribution in [0.3, 0.4) is 0 Å². The molecule has 0 atom stereocenters. The van der Waals surface area contributed by atoms with Gasteiger partial charge in [0.2, 0.25) is 0 Å². The molecule has 1 aliphatic rings. The number of hydrogen-bond acceptors (Lipinski definition) is 4. The van der Waals surface area contributed by atoms with Crippen LogP contribution in [0.5, 0.6) is 0 Å². The van der Waals surface area contributed by atoms with Crippen LogP contribution in [0.1, 0.15) is 44.7 Å². The van der Waals surface area contributed by atoms with Crippen molar-refractivity contribution in [3.63, 3.8) is 0 Å². The molecule has 0 spiro atoms. The fourth-order valence-corrected chi connectivity index (χ4v) is 4.09. The molecule has 0 radical (unpaired) electrons. The second-order valence-electron chi connectivity index (χ2n) is 7.55. The van der Waals surface area contributed by atoms with Gasteiger partial charge in [0.25, 0.3) is 10.0 Å². The zero-order valence-corrected chi connectivity index (χ0v) is 15.8. The highest BCUT2D eigenvalue weighted by Gasteiger charge is 2.18. The predicted octanol–water partition coefficient (Wildman–Crippen LogP) is 3.97. The van der Waals surface area contributed by atoms with Crippen LogP contribution < -0.4 is 10.0 Å². The summed E-state index contributed by atoms with van der Waals surface area (Å²) in [5.74, 6) is 0.317. The molecule has 134 valence electrons. The molecule has 2 N–H and O–H groups in total. The maximum Gasteiger partial charge on any atom is 0.263 e. The molecule has 25 heavy (non-hydrogen) atoms. The van der Waals surface area contributed by atoms with E-state index >= 15 is 0 Å². The average Bonchev–Trinajstić information content (AvgIpc) is 2.55. The minimum Gasteiger partial charge on any atom is -0.379 e. The number of aryl methyl sites for hydroxylation is 2. The number of nitrogens with zero attached hydrogens (tertiary/aromatic N) is 1. The van der Waals surface area contributed by atoms with Gasteiger partial charge >= 0.3 is 0 Å². The predicted molar refractivity (Wildman–Crippen MR) is 102 cm³/mol. The quantitative estimate of drug-likeness (QED) is 0.866. The van der Waals surface area contributed by atoms with Crippen molar-refractivity contribution < 1.29 is 8.42 Å². The molecule has 1 aliphatic carbocycles. The Balaban J connectivity index is 1.77. The summed E-state index contributed by atoms with van der Waals surface area (Å²) in [5, 5.41) is 3.30. The fourth-order valence-electron chi connectivity index (χ4n) is 3.03. The molecule has 0 amide bonds. The summed E-state index contributed by atoms with van der Waals surface area (Å²) < 4.78 is 27.8. The highest BCUT2D eigenvalue weighted by molar-refractivity contribution is 7.92. The number of sulfonamides is 1. The Kier molecular flexibility index (Phi) is 4.73. The number of pyridine rings is 1. The van der Waals surface area contributed by atoms with Gasteiger partial charge < -0.3 is 5.32 Å². The highest BCUT2D eigenvalue weighted by atomic mass is 32.2. The summed E-state index contributed by atoms with van der Waals surface area (Å²) in [6, 6.07) is 8.91. The summed E-state index contributed by atoms with van der Waals surface area (Å²) >= 11 is 0. The van der Waals surface area contributed by atoms with E-state index < -0.39 is 10.0 Å². The highest BCUT2D eigenvalue weighted by Crippen LogP contribution is 2.25. The lowest BCUT2D eigenvalue weighted by atomic mass is 9.92. The van der Waals surface area contributed by atoms with E-state index in [0.29, 0.717) is 10.7 Å². The molecular formula is C19H25N3O2S. The van der Waals surface area contributed by atoms with Gasteiger partial charge in [-0.15, -0.1) is 0 Å². The van der Waals surface area contributed by atoms with Crippen LogP contribution in [0.4, 0.5) is 11.5 Å². The Morgan fingerprint density at radius 3 is 2.36 bits per heavy atom. The number of benzene rings is 1. The lowest BCUT2D eigenvalue weighted by Gasteiger charge is -2.22. The van der Waals surface area contributed by atoms with E-state index in [0.717, 1.165) is 30.5 Å². The van der Waals surface area contributed by atoms with Gasteiger partial charge in [-0.3, -0.25) is 4.72 Å². The molecule has 0 fully saturated rings. The fraction of sp³-hybridized carbons (Fsp3) is 0.421. The second kappa shape index (κ2) is 6.67. The number of hydrogen-bond donors (Lipinski definition) is 2. The van der Waals surface area contributed by atoms with Crippen molar-refractivity contribution in [2.75, 3.05) is 10.0 Å². The van der Waals surface area contributed by atoms with Gasteiger partial charge in [0.05, 0.1) is 16.8 Å². The molecule has 3 rings (SSSR count). The van der Waals surface area contributed by atoms with Crippen molar-refractivity contribution in [3.05, 3.63) is 47.7 Å². The first-order chi connectivity index (χ1) is 11.7. The lowest BCUT2D eigenvalue weighted by molar-refractivity contribution is 0.600. The molecule has 0 aliphatic heterocycles. The van der Waals surface area contributed by atoms with E-state index in [9.17, 15) is 8.42 Å². The van der Waals surface area contributed by atoms with Crippen LogP contribution in [0.2, 0.25) is 0 Å². The molecule has 0 unspecified atom stereocenters. The van der Waals surface area contributed by atoms with E-state index in [1.54, 1.807) is 24.4 Å². The van der Waals surface area contributed by atoms with Crippen LogP contribution in [0.25, 0.3) is 0 Å². The Labute approximate surface area is 149 Å². The molecule has 6 heteroatoms. The van der Waals surface area contributed by atoms with Crippen LogP contribution in [-0.2, 0) is 22.9 Å². The summed E-state index contributed by atoms with van der Waals surface area (Å²) in [6.07, 6.45) is 5.91. The van der Waals surface area contributed by atoms with E-state index in [4.69, 9.17) is 0 Å². The number of aromatic nitrogens is 1. The van der Waals surface area contributed by atoms with Gasteiger partial charge in [-0.1, -0.05) is 6.07 Å². The molecule has 0 saturated carbocycles. The van der Waals surface area contributed by atoms with E-state index in [2.05, 4.69) is 35.8 Å². The normalized spacial score (nSPS) is 14.7. The third kappa shape index (κ3) is 4.51. The minimum atomic E-state index is -3.63. The first-order valence-electron chi connectivity index (χ1n) is 8.62. The molecule has 0 saturated heterocycles. The summed E-state index contributed by atoms with van der Waals surface area (Å²) in [6.45, 7) is 6.17. The van der Waals surface area contributed by atoms with Crippen molar-refractivity contribution in [2.24, 2.45) is 0 Å². The standard InChI is InChI=1S/C19H25N3O2S/c1-19(2,3)21-16-9-11-18(20-13-16)22-25(23,24)17-10-8-14-6-4-5-7-15(14)12-17/h8-13,21H,4-7H2,1-3H3,(H,20,22). The zero-order chi connectivity index (χ0) is 18.1. The molecule has 0 bridgehead atoms. The van der Waals surface area contributed by atoms with Crippen LogP contribution in [0.15, 0.2) is 41.4 Å². The topological polar surface area (TPSA) is 71.1 Å². The van der Waals surface area contributed by atoms with Crippen LogP contribution in [0, 0.1) is 0 Å². The SMILES string of the molecule is CC(C)(C)Nc1ccc(NS(=O)(=O)c2ccc3c(c2)CCCC3)nc1. The van der Waals surface area contributed by atoms with Crippen molar-refractivity contribution in [1.82, 2.24) is 4.98 Å². The Morgan fingerprint density at radius 2 is 1.72 bits per heavy atom. The number of nitrogens with one attached hydrogen (secondary N) is 2. The number of anilines is 2. The largest absolute Gasteiger partial charge is 0.379 e. The van der Waals surface area contributed by atoms with E-state index in [1.807, 2.05) is 12.1 Å². The average molecular weight is 359 g/mol. The van der Waals surface area contributed by atoms with Crippen LogP contribution in [-0.4, -0.2) is 18.9 Å².